The average Bonchev–Trinajstić information content (AvgIpc) is 3.46. The Bertz CT molecular complexity index is 863. The summed E-state index contributed by atoms with van der Waals surface area (Å²) in [6.45, 7) is 0. The SMILES string of the molecule is O=C(O)Cc1ccccc1NC(=O)C(=O)NC(c1ccc(F)cc1)C1CC1. The van der Waals surface area contributed by atoms with Gasteiger partial charge in [-0.05, 0) is 48.1 Å². The van der Waals surface area contributed by atoms with Gasteiger partial charge in [-0.15, -0.1) is 0 Å². The Hall–Kier alpha value is -3.22. The zero-order valence-electron chi connectivity index (χ0n) is 14.4. The molecule has 2 amide bonds. The Morgan fingerprint density at radius 1 is 1.04 bits per heavy atom. The lowest BCUT2D eigenvalue weighted by Gasteiger charge is -2.19. The first kappa shape index (κ1) is 18.6. The summed E-state index contributed by atoms with van der Waals surface area (Å²) in [5.41, 5.74) is 1.43. The van der Waals surface area contributed by atoms with Crippen LogP contribution in [0, 0.1) is 11.7 Å². The molecule has 3 rings (SSSR count). The normalized spacial score (nSPS) is 14.3. The fourth-order valence-corrected chi connectivity index (χ4v) is 2.92. The molecule has 2 aromatic rings. The van der Waals surface area contributed by atoms with Crippen LogP contribution >= 0.6 is 0 Å². The molecule has 1 aliphatic rings. The molecule has 3 N–H and O–H groups in total. The highest BCUT2D eigenvalue weighted by atomic mass is 19.1. The van der Waals surface area contributed by atoms with E-state index in [0.29, 0.717) is 5.56 Å². The minimum absolute atomic E-state index is 0.214. The summed E-state index contributed by atoms with van der Waals surface area (Å²) >= 11 is 0. The van der Waals surface area contributed by atoms with Crippen LogP contribution in [-0.2, 0) is 20.8 Å². The van der Waals surface area contributed by atoms with Gasteiger partial charge < -0.3 is 15.7 Å². The number of nitrogens with one attached hydrogen (secondary N) is 2. The number of carboxylic acid groups (broad SMARTS) is 1. The molecule has 1 atom stereocenters. The maximum Gasteiger partial charge on any atom is 0.313 e. The van der Waals surface area contributed by atoms with Crippen LogP contribution in [0.4, 0.5) is 10.1 Å². The van der Waals surface area contributed by atoms with E-state index in [1.807, 2.05) is 0 Å². The van der Waals surface area contributed by atoms with Crippen LogP contribution in [-0.4, -0.2) is 22.9 Å². The molecule has 0 heterocycles. The van der Waals surface area contributed by atoms with Crippen LogP contribution in [0.3, 0.4) is 0 Å². The van der Waals surface area contributed by atoms with Crippen LogP contribution in [0.1, 0.15) is 30.0 Å². The van der Waals surface area contributed by atoms with Gasteiger partial charge in [-0.25, -0.2) is 4.39 Å². The third kappa shape index (κ3) is 4.91. The molecule has 1 unspecified atom stereocenters. The van der Waals surface area contributed by atoms with Gasteiger partial charge in [0.25, 0.3) is 0 Å². The zero-order valence-corrected chi connectivity index (χ0v) is 14.4. The van der Waals surface area contributed by atoms with Crippen LogP contribution in [0.15, 0.2) is 48.5 Å². The molecule has 6 nitrogen and oxygen atoms in total. The highest BCUT2D eigenvalue weighted by Crippen LogP contribution is 2.41. The lowest BCUT2D eigenvalue weighted by atomic mass is 10.0. The molecule has 0 bridgehead atoms. The number of benzene rings is 2. The van der Waals surface area contributed by atoms with E-state index < -0.39 is 17.8 Å². The summed E-state index contributed by atoms with van der Waals surface area (Å²) in [5, 5.41) is 14.1. The molecule has 0 saturated heterocycles. The molecular weight excluding hydrogens is 351 g/mol. The lowest BCUT2D eigenvalue weighted by Crippen LogP contribution is -2.38. The number of amides is 2. The molecule has 7 heteroatoms. The highest BCUT2D eigenvalue weighted by Gasteiger charge is 2.34. The van der Waals surface area contributed by atoms with Gasteiger partial charge in [0.2, 0.25) is 0 Å². The second-order valence-corrected chi connectivity index (χ2v) is 6.52. The quantitative estimate of drug-likeness (QED) is 0.681. The number of hydrogen-bond acceptors (Lipinski definition) is 3. The number of carbonyl (C=O) groups excluding carboxylic acids is 2. The average molecular weight is 370 g/mol. The van der Waals surface area contributed by atoms with Crippen molar-refractivity contribution < 1.29 is 23.9 Å². The van der Waals surface area contributed by atoms with Crippen molar-refractivity contribution >= 4 is 23.5 Å². The number of para-hydroxylation sites is 1. The first-order chi connectivity index (χ1) is 12.9. The van der Waals surface area contributed by atoms with Crippen molar-refractivity contribution in [2.45, 2.75) is 25.3 Å². The van der Waals surface area contributed by atoms with E-state index in [0.717, 1.165) is 18.4 Å². The van der Waals surface area contributed by atoms with Crippen molar-refractivity contribution in [3.8, 4) is 0 Å². The van der Waals surface area contributed by atoms with Crippen molar-refractivity contribution in [1.29, 1.82) is 0 Å². The van der Waals surface area contributed by atoms with Crippen LogP contribution in [0.25, 0.3) is 0 Å². The first-order valence-electron chi connectivity index (χ1n) is 8.61. The molecule has 0 spiro atoms. The predicted molar refractivity (Wildman–Crippen MR) is 96.4 cm³/mol. The van der Waals surface area contributed by atoms with E-state index in [2.05, 4.69) is 10.6 Å². The van der Waals surface area contributed by atoms with Gasteiger partial charge in [0.05, 0.1) is 12.5 Å². The monoisotopic (exact) mass is 370 g/mol. The van der Waals surface area contributed by atoms with Crippen LogP contribution in [0.5, 0.6) is 0 Å². The van der Waals surface area contributed by atoms with Crippen molar-refractivity contribution in [2.24, 2.45) is 5.92 Å². The fourth-order valence-electron chi connectivity index (χ4n) is 2.92. The Morgan fingerprint density at radius 3 is 2.33 bits per heavy atom. The summed E-state index contributed by atoms with van der Waals surface area (Å²) in [6, 6.07) is 11.9. The largest absolute Gasteiger partial charge is 0.481 e. The van der Waals surface area contributed by atoms with Gasteiger partial charge in [-0.2, -0.15) is 0 Å². The van der Waals surface area contributed by atoms with Crippen molar-refractivity contribution in [1.82, 2.24) is 5.32 Å². The van der Waals surface area contributed by atoms with Crippen molar-refractivity contribution in [3.05, 3.63) is 65.5 Å². The zero-order chi connectivity index (χ0) is 19.4. The molecule has 2 aromatic carbocycles. The van der Waals surface area contributed by atoms with Gasteiger partial charge in [0.15, 0.2) is 0 Å². The highest BCUT2D eigenvalue weighted by molar-refractivity contribution is 6.39. The van der Waals surface area contributed by atoms with Crippen molar-refractivity contribution in [3.63, 3.8) is 0 Å². The number of carbonyl (C=O) groups is 3. The van der Waals surface area contributed by atoms with E-state index in [-0.39, 0.29) is 29.9 Å². The molecule has 0 aliphatic heterocycles. The van der Waals surface area contributed by atoms with E-state index in [4.69, 9.17) is 5.11 Å². The maximum absolute atomic E-state index is 13.1. The molecule has 1 fully saturated rings. The van der Waals surface area contributed by atoms with Crippen LogP contribution in [0.2, 0.25) is 0 Å². The van der Waals surface area contributed by atoms with Gasteiger partial charge in [-0.3, -0.25) is 14.4 Å². The van der Waals surface area contributed by atoms with Crippen LogP contribution < -0.4 is 10.6 Å². The number of hydrogen-bond donors (Lipinski definition) is 3. The molecule has 1 aliphatic carbocycles. The Labute approximate surface area is 155 Å². The Balaban J connectivity index is 1.69. The molecule has 140 valence electrons. The smallest absolute Gasteiger partial charge is 0.313 e. The Morgan fingerprint density at radius 2 is 1.70 bits per heavy atom. The van der Waals surface area contributed by atoms with Crippen molar-refractivity contribution in [2.75, 3.05) is 5.32 Å². The fraction of sp³-hybridized carbons (Fsp3) is 0.250. The number of aliphatic carboxylic acids is 1. The second-order valence-electron chi connectivity index (χ2n) is 6.52. The number of anilines is 1. The second kappa shape index (κ2) is 7.99. The molecule has 0 aromatic heterocycles. The number of rotatable bonds is 6. The summed E-state index contributed by atoms with van der Waals surface area (Å²) in [4.78, 5) is 35.6. The lowest BCUT2D eigenvalue weighted by molar-refractivity contribution is -0.136. The number of halogens is 1. The minimum Gasteiger partial charge on any atom is -0.481 e. The van der Waals surface area contributed by atoms with Gasteiger partial charge >= 0.3 is 17.8 Å². The molecule has 0 radical (unpaired) electrons. The standard InChI is InChI=1S/C20H19FN2O4/c21-15-9-7-13(8-10-15)18(12-5-6-12)23-20(27)19(26)22-16-4-2-1-3-14(16)11-17(24)25/h1-4,7-10,12,18H,5-6,11H2,(H,22,26)(H,23,27)(H,24,25). The summed E-state index contributed by atoms with van der Waals surface area (Å²) < 4.78 is 13.1. The van der Waals surface area contributed by atoms with E-state index in [1.54, 1.807) is 36.4 Å². The molecule has 27 heavy (non-hydrogen) atoms. The third-order valence-corrected chi connectivity index (χ3v) is 4.42. The van der Waals surface area contributed by atoms with Gasteiger partial charge in [-0.1, -0.05) is 30.3 Å². The molecule has 1 saturated carbocycles. The third-order valence-electron chi connectivity index (χ3n) is 4.42. The number of carboxylic acids is 1. The van der Waals surface area contributed by atoms with Gasteiger partial charge in [0.1, 0.15) is 5.82 Å². The Kier molecular flexibility index (Phi) is 5.49. The topological polar surface area (TPSA) is 95.5 Å². The van der Waals surface area contributed by atoms with E-state index >= 15 is 0 Å². The summed E-state index contributed by atoms with van der Waals surface area (Å²) in [7, 11) is 0. The predicted octanol–water partition coefficient (Wildman–Crippen LogP) is 2.66. The maximum atomic E-state index is 13.1. The van der Waals surface area contributed by atoms with E-state index in [9.17, 15) is 18.8 Å². The molecular formula is C20H19FN2O4. The summed E-state index contributed by atoms with van der Waals surface area (Å²) in [5.74, 6) is -2.88. The minimum atomic E-state index is -1.04. The summed E-state index contributed by atoms with van der Waals surface area (Å²) in [6.07, 6.45) is 1.58. The van der Waals surface area contributed by atoms with E-state index in [1.165, 1.54) is 12.1 Å². The first-order valence-corrected chi connectivity index (χ1v) is 8.61. The van der Waals surface area contributed by atoms with Gasteiger partial charge in [0, 0.05) is 5.69 Å².